The highest BCUT2D eigenvalue weighted by Gasteiger charge is 2.35. The topological polar surface area (TPSA) is 76.5 Å². The fourth-order valence-electron chi connectivity index (χ4n) is 3.89. The molecule has 0 aliphatic carbocycles. The molecule has 1 aliphatic heterocycles. The number of carbonyl (C=O) groups excluding carboxylic acids is 2. The highest BCUT2D eigenvalue weighted by molar-refractivity contribution is 8.18. The molecule has 0 saturated carbocycles. The van der Waals surface area contributed by atoms with Gasteiger partial charge < -0.3 is 0 Å². The summed E-state index contributed by atoms with van der Waals surface area (Å²) in [5.74, 6) is -1.05. The summed E-state index contributed by atoms with van der Waals surface area (Å²) in [6, 6.07) is 19.5. The number of halogens is 1. The van der Waals surface area contributed by atoms with Gasteiger partial charge in [-0.25, -0.2) is 16.8 Å². The number of imide groups is 1. The lowest BCUT2D eigenvalue weighted by Crippen LogP contribution is -2.27. The zero-order chi connectivity index (χ0) is 24.7. The van der Waals surface area contributed by atoms with E-state index in [-0.39, 0.29) is 21.9 Å². The lowest BCUT2D eigenvalue weighted by Gasteiger charge is -2.12. The number of carbonyl (C=O) groups is 2. The molecule has 9 heteroatoms. The van der Waals surface area contributed by atoms with Crippen molar-refractivity contribution >= 4 is 49.9 Å². The summed E-state index contributed by atoms with van der Waals surface area (Å²) in [6.07, 6.45) is 2.96. The Balaban J connectivity index is 1.54. The quantitative estimate of drug-likeness (QED) is 0.331. The first kappa shape index (κ1) is 23.1. The van der Waals surface area contributed by atoms with Crippen LogP contribution >= 0.6 is 11.8 Å². The molecule has 2 heterocycles. The summed E-state index contributed by atoms with van der Waals surface area (Å²) in [5.41, 5.74) is 2.10. The van der Waals surface area contributed by atoms with Crippen LogP contribution in [-0.2, 0) is 21.4 Å². The van der Waals surface area contributed by atoms with E-state index >= 15 is 0 Å². The fraction of sp³-hybridized carbons (Fsp3) is 0.0769. The van der Waals surface area contributed by atoms with Gasteiger partial charge in [-0.15, -0.1) is 0 Å². The second-order valence-electron chi connectivity index (χ2n) is 8.07. The van der Waals surface area contributed by atoms with Crippen LogP contribution in [-0.4, -0.2) is 28.4 Å². The van der Waals surface area contributed by atoms with Crippen molar-refractivity contribution in [3.63, 3.8) is 0 Å². The minimum absolute atomic E-state index is 0.139. The van der Waals surface area contributed by atoms with E-state index < -0.39 is 27.0 Å². The van der Waals surface area contributed by atoms with Gasteiger partial charge in [0.05, 0.1) is 21.9 Å². The van der Waals surface area contributed by atoms with E-state index in [9.17, 15) is 22.4 Å². The van der Waals surface area contributed by atoms with E-state index in [1.165, 1.54) is 34.4 Å². The average Bonchev–Trinajstić information content (AvgIpc) is 3.34. The van der Waals surface area contributed by atoms with Crippen LogP contribution in [0.2, 0.25) is 0 Å². The molecule has 1 aromatic heterocycles. The van der Waals surface area contributed by atoms with Gasteiger partial charge in [-0.05, 0) is 49.0 Å². The lowest BCUT2D eigenvalue weighted by molar-refractivity contribution is -0.123. The summed E-state index contributed by atoms with van der Waals surface area (Å²) in [6.45, 7) is 1.69. The maximum atomic E-state index is 14.1. The van der Waals surface area contributed by atoms with Crippen molar-refractivity contribution in [2.24, 2.45) is 0 Å². The van der Waals surface area contributed by atoms with Gasteiger partial charge in [0.25, 0.3) is 21.2 Å². The Bertz CT molecular complexity index is 1620. The normalized spacial score (nSPS) is 15.5. The van der Waals surface area contributed by atoms with Crippen LogP contribution in [0.4, 0.5) is 9.18 Å². The van der Waals surface area contributed by atoms with E-state index in [0.29, 0.717) is 16.5 Å². The largest absolute Gasteiger partial charge is 0.293 e. The molecule has 176 valence electrons. The Hall–Kier alpha value is -3.69. The van der Waals surface area contributed by atoms with Crippen molar-refractivity contribution in [3.05, 3.63) is 106 Å². The number of aryl methyl sites for hydroxylation is 1. The standard InChI is InChI=1S/C26H19FN2O4S2/c1-17-10-12-20(13-11-17)35(32,33)29-16-19(21-7-3-5-9-23(21)29)14-24-25(30)28(26(31)34-24)15-18-6-2-4-8-22(18)27/h2-14,16H,15H2,1H3/b24-14-. The molecule has 0 atom stereocenters. The number of amides is 2. The number of benzene rings is 3. The van der Waals surface area contributed by atoms with Crippen LogP contribution in [0.5, 0.6) is 0 Å². The summed E-state index contributed by atoms with van der Waals surface area (Å²) in [4.78, 5) is 26.8. The van der Waals surface area contributed by atoms with Gasteiger partial charge >= 0.3 is 0 Å². The van der Waals surface area contributed by atoms with Crippen molar-refractivity contribution in [1.82, 2.24) is 8.87 Å². The summed E-state index contributed by atoms with van der Waals surface area (Å²) in [7, 11) is -3.90. The molecular weight excluding hydrogens is 487 g/mol. The molecule has 0 radical (unpaired) electrons. The number of aromatic nitrogens is 1. The molecule has 1 saturated heterocycles. The third-order valence-electron chi connectivity index (χ3n) is 5.73. The molecule has 6 nitrogen and oxygen atoms in total. The van der Waals surface area contributed by atoms with E-state index in [1.54, 1.807) is 54.6 Å². The molecule has 0 spiro atoms. The zero-order valence-corrected chi connectivity index (χ0v) is 20.1. The van der Waals surface area contributed by atoms with Gasteiger partial charge in [-0.3, -0.25) is 14.5 Å². The molecule has 0 bridgehead atoms. The number of hydrogen-bond acceptors (Lipinski definition) is 5. The number of nitrogens with zero attached hydrogens (tertiary/aromatic N) is 2. The number of para-hydroxylation sites is 1. The Kier molecular flexibility index (Phi) is 5.82. The first-order valence-corrected chi connectivity index (χ1v) is 12.9. The van der Waals surface area contributed by atoms with Crippen LogP contribution < -0.4 is 0 Å². The van der Waals surface area contributed by atoms with Gasteiger partial charge in [0.15, 0.2) is 0 Å². The van der Waals surface area contributed by atoms with Crippen LogP contribution in [0.3, 0.4) is 0 Å². The van der Waals surface area contributed by atoms with E-state index in [4.69, 9.17) is 0 Å². The first-order valence-electron chi connectivity index (χ1n) is 10.7. The van der Waals surface area contributed by atoms with Crippen LogP contribution in [0.15, 0.2) is 88.8 Å². The number of rotatable bonds is 5. The monoisotopic (exact) mass is 506 g/mol. The Morgan fingerprint density at radius 1 is 0.943 bits per heavy atom. The highest BCUT2D eigenvalue weighted by atomic mass is 32.2. The van der Waals surface area contributed by atoms with Gasteiger partial charge in [0.2, 0.25) is 0 Å². The Labute approximate surface area is 205 Å². The SMILES string of the molecule is Cc1ccc(S(=O)(=O)n2cc(/C=C3\SC(=O)N(Cc4ccccc4F)C3=O)c3ccccc32)cc1. The Morgan fingerprint density at radius 2 is 1.63 bits per heavy atom. The lowest BCUT2D eigenvalue weighted by atomic mass is 10.1. The highest BCUT2D eigenvalue weighted by Crippen LogP contribution is 2.36. The molecule has 35 heavy (non-hydrogen) atoms. The maximum Gasteiger partial charge on any atom is 0.293 e. The van der Waals surface area contributed by atoms with Crippen molar-refractivity contribution in [2.45, 2.75) is 18.4 Å². The molecule has 3 aromatic carbocycles. The van der Waals surface area contributed by atoms with Gasteiger partial charge in [-0.2, -0.15) is 0 Å². The predicted molar refractivity (Wildman–Crippen MR) is 134 cm³/mol. The summed E-state index contributed by atoms with van der Waals surface area (Å²) in [5, 5.41) is 0.101. The minimum Gasteiger partial charge on any atom is -0.268 e. The summed E-state index contributed by atoms with van der Waals surface area (Å²) >= 11 is 0.742. The maximum absolute atomic E-state index is 14.1. The van der Waals surface area contributed by atoms with Gasteiger partial charge in [0.1, 0.15) is 5.82 Å². The number of hydrogen-bond donors (Lipinski definition) is 0. The second-order valence-corrected chi connectivity index (χ2v) is 10.9. The molecular formula is C26H19FN2O4S2. The van der Waals surface area contributed by atoms with Crippen molar-refractivity contribution in [1.29, 1.82) is 0 Å². The molecule has 4 aromatic rings. The van der Waals surface area contributed by atoms with Crippen molar-refractivity contribution in [3.8, 4) is 0 Å². The van der Waals surface area contributed by atoms with Crippen molar-refractivity contribution < 1.29 is 22.4 Å². The average molecular weight is 507 g/mol. The van der Waals surface area contributed by atoms with Gasteiger partial charge in [-0.1, -0.05) is 54.1 Å². The molecule has 5 rings (SSSR count). The molecule has 0 N–H and O–H groups in total. The molecule has 0 unspecified atom stereocenters. The van der Waals surface area contributed by atoms with Gasteiger partial charge in [0, 0.05) is 22.7 Å². The smallest absolute Gasteiger partial charge is 0.268 e. The number of fused-ring (bicyclic) bond motifs is 1. The third-order valence-corrected chi connectivity index (χ3v) is 8.33. The van der Waals surface area contributed by atoms with E-state index in [1.807, 2.05) is 6.92 Å². The van der Waals surface area contributed by atoms with E-state index in [2.05, 4.69) is 0 Å². The molecule has 1 aliphatic rings. The van der Waals surface area contributed by atoms with Crippen molar-refractivity contribution in [2.75, 3.05) is 0 Å². The number of thioether (sulfide) groups is 1. The molecule has 1 fully saturated rings. The van der Waals surface area contributed by atoms with Crippen LogP contribution in [0, 0.1) is 12.7 Å². The minimum atomic E-state index is -3.90. The van der Waals surface area contributed by atoms with Crippen LogP contribution in [0.25, 0.3) is 17.0 Å². The molecule has 2 amide bonds. The first-order chi connectivity index (χ1) is 16.8. The second kappa shape index (κ2) is 8.83. The van der Waals surface area contributed by atoms with E-state index in [0.717, 1.165) is 22.2 Å². The Morgan fingerprint density at radius 3 is 2.37 bits per heavy atom. The summed E-state index contributed by atoms with van der Waals surface area (Å²) < 4.78 is 42.0. The van der Waals surface area contributed by atoms with Crippen LogP contribution in [0.1, 0.15) is 16.7 Å². The predicted octanol–water partition coefficient (Wildman–Crippen LogP) is 5.56. The fourth-order valence-corrected chi connectivity index (χ4v) is 6.09. The zero-order valence-electron chi connectivity index (χ0n) is 18.5. The third kappa shape index (κ3) is 4.17.